The summed E-state index contributed by atoms with van der Waals surface area (Å²) in [6.07, 6.45) is -0.546. The molecule has 7 heteroatoms. The average molecular weight is 311 g/mol. The van der Waals surface area contributed by atoms with Crippen molar-refractivity contribution in [3.05, 3.63) is 22.2 Å². The largest absolute Gasteiger partial charge is 0.443 e. The standard InChI is InChI=1S/C14H19ClN4O2/c1-7-8(2)16-12(15)10-11(7)19(9(3)17-10)18-13(20)21-14(4,5)6/h1-6H3,(H,18,20). The number of aromatic nitrogens is 3. The maximum absolute atomic E-state index is 12.0. The number of nitrogens with one attached hydrogen (secondary N) is 1. The van der Waals surface area contributed by atoms with Crippen molar-refractivity contribution < 1.29 is 9.53 Å². The topological polar surface area (TPSA) is 69.0 Å². The van der Waals surface area contributed by atoms with E-state index in [2.05, 4.69) is 15.4 Å². The quantitative estimate of drug-likeness (QED) is 0.819. The normalized spacial score (nSPS) is 11.8. The van der Waals surface area contributed by atoms with Crippen LogP contribution < -0.4 is 5.43 Å². The fraction of sp³-hybridized carbons (Fsp3) is 0.500. The third-order valence-electron chi connectivity index (χ3n) is 3.01. The molecule has 0 spiro atoms. The molecule has 2 aromatic heterocycles. The number of fused-ring (bicyclic) bond motifs is 1. The van der Waals surface area contributed by atoms with Gasteiger partial charge in [-0.1, -0.05) is 11.6 Å². The molecule has 0 fully saturated rings. The molecule has 1 amide bonds. The zero-order valence-corrected chi connectivity index (χ0v) is 13.8. The van der Waals surface area contributed by atoms with Gasteiger partial charge in [0.25, 0.3) is 0 Å². The van der Waals surface area contributed by atoms with Crippen molar-refractivity contribution in [1.29, 1.82) is 0 Å². The van der Waals surface area contributed by atoms with Crippen LogP contribution in [0.4, 0.5) is 4.79 Å². The number of amides is 1. The van der Waals surface area contributed by atoms with E-state index in [1.165, 1.54) is 0 Å². The minimum atomic E-state index is -0.571. The predicted octanol–water partition coefficient (Wildman–Crippen LogP) is 3.49. The van der Waals surface area contributed by atoms with Crippen LogP contribution in [0.3, 0.4) is 0 Å². The molecule has 0 aliphatic carbocycles. The fourth-order valence-corrected chi connectivity index (χ4v) is 2.26. The smallest absolute Gasteiger partial charge is 0.427 e. The summed E-state index contributed by atoms with van der Waals surface area (Å²) in [5.41, 5.74) is 5.12. The van der Waals surface area contributed by atoms with E-state index in [0.717, 1.165) is 16.8 Å². The van der Waals surface area contributed by atoms with Crippen LogP contribution in [0.25, 0.3) is 11.0 Å². The molecule has 0 aromatic carbocycles. The Morgan fingerprint density at radius 1 is 1.24 bits per heavy atom. The van der Waals surface area contributed by atoms with Gasteiger partial charge in [0.1, 0.15) is 16.9 Å². The van der Waals surface area contributed by atoms with Gasteiger partial charge in [-0.25, -0.2) is 24.9 Å². The van der Waals surface area contributed by atoms with Crippen molar-refractivity contribution in [3.8, 4) is 0 Å². The molecule has 0 atom stereocenters. The molecule has 0 aliphatic heterocycles. The van der Waals surface area contributed by atoms with Gasteiger partial charge < -0.3 is 4.74 Å². The van der Waals surface area contributed by atoms with Crippen molar-refractivity contribution >= 4 is 28.7 Å². The number of ether oxygens (including phenoxy) is 1. The van der Waals surface area contributed by atoms with Gasteiger partial charge in [0.05, 0.1) is 5.52 Å². The van der Waals surface area contributed by atoms with Gasteiger partial charge in [0, 0.05) is 5.69 Å². The number of nitrogens with zero attached hydrogens (tertiary/aromatic N) is 3. The molecule has 0 saturated heterocycles. The second-order valence-electron chi connectivity index (χ2n) is 5.92. The Morgan fingerprint density at radius 2 is 1.86 bits per heavy atom. The van der Waals surface area contributed by atoms with Gasteiger partial charge in [-0.2, -0.15) is 0 Å². The number of pyridine rings is 1. The molecule has 0 aliphatic rings. The Labute approximate surface area is 128 Å². The number of hydrogen-bond acceptors (Lipinski definition) is 4. The summed E-state index contributed by atoms with van der Waals surface area (Å²) in [6.45, 7) is 11.0. The molecule has 0 saturated carbocycles. The van der Waals surface area contributed by atoms with Crippen LogP contribution in [0, 0.1) is 20.8 Å². The van der Waals surface area contributed by atoms with Gasteiger partial charge in [-0.05, 0) is 47.1 Å². The first-order valence-electron chi connectivity index (χ1n) is 6.62. The highest BCUT2D eigenvalue weighted by molar-refractivity contribution is 6.33. The molecule has 21 heavy (non-hydrogen) atoms. The highest BCUT2D eigenvalue weighted by atomic mass is 35.5. The van der Waals surface area contributed by atoms with Crippen LogP contribution in [-0.2, 0) is 4.74 Å². The molecule has 0 radical (unpaired) electrons. The molecule has 0 bridgehead atoms. The van der Waals surface area contributed by atoms with Crippen molar-refractivity contribution in [2.45, 2.75) is 47.1 Å². The molecule has 1 N–H and O–H groups in total. The molecule has 0 unspecified atom stereocenters. The van der Waals surface area contributed by atoms with Gasteiger partial charge in [0.15, 0.2) is 5.15 Å². The van der Waals surface area contributed by atoms with E-state index < -0.39 is 11.7 Å². The van der Waals surface area contributed by atoms with E-state index in [0.29, 0.717) is 16.5 Å². The number of aryl methyl sites for hydroxylation is 3. The lowest BCUT2D eigenvalue weighted by Gasteiger charge is -2.20. The third-order valence-corrected chi connectivity index (χ3v) is 3.27. The Kier molecular flexibility index (Phi) is 3.84. The molecule has 2 rings (SSSR count). The van der Waals surface area contributed by atoms with E-state index in [1.807, 2.05) is 34.6 Å². The van der Waals surface area contributed by atoms with Crippen LogP contribution in [0.2, 0.25) is 5.15 Å². The molecule has 2 heterocycles. The highest BCUT2D eigenvalue weighted by Gasteiger charge is 2.20. The second-order valence-corrected chi connectivity index (χ2v) is 6.28. The Morgan fingerprint density at radius 3 is 2.43 bits per heavy atom. The zero-order valence-electron chi connectivity index (χ0n) is 13.0. The van der Waals surface area contributed by atoms with Gasteiger partial charge in [0.2, 0.25) is 0 Å². The van der Waals surface area contributed by atoms with Crippen LogP contribution in [0.1, 0.15) is 37.9 Å². The van der Waals surface area contributed by atoms with Crippen molar-refractivity contribution in [2.75, 3.05) is 5.43 Å². The van der Waals surface area contributed by atoms with Crippen molar-refractivity contribution in [3.63, 3.8) is 0 Å². The number of halogens is 1. The molecular formula is C14H19ClN4O2. The van der Waals surface area contributed by atoms with Crippen LogP contribution >= 0.6 is 11.6 Å². The Bertz CT molecular complexity index is 716. The van der Waals surface area contributed by atoms with E-state index in [1.54, 1.807) is 11.6 Å². The van der Waals surface area contributed by atoms with Crippen LogP contribution in [0.15, 0.2) is 0 Å². The molecular weight excluding hydrogens is 292 g/mol. The van der Waals surface area contributed by atoms with Crippen LogP contribution in [0.5, 0.6) is 0 Å². The maximum Gasteiger partial charge on any atom is 0.427 e. The molecule has 6 nitrogen and oxygen atoms in total. The fourth-order valence-electron chi connectivity index (χ4n) is 2.01. The zero-order chi connectivity index (χ0) is 15.9. The summed E-state index contributed by atoms with van der Waals surface area (Å²) in [5.74, 6) is 0.605. The Balaban J connectivity index is 2.50. The lowest BCUT2D eigenvalue weighted by molar-refractivity contribution is 0.0613. The SMILES string of the molecule is Cc1nc(Cl)c2nc(C)n(NC(=O)OC(C)(C)C)c2c1C. The number of carbonyl (C=O) groups excluding carboxylic acids is 1. The van der Waals surface area contributed by atoms with Crippen LogP contribution in [-0.4, -0.2) is 26.3 Å². The van der Waals surface area contributed by atoms with E-state index in [9.17, 15) is 4.79 Å². The first kappa shape index (κ1) is 15.6. The van der Waals surface area contributed by atoms with Gasteiger partial charge in [-0.3, -0.25) is 0 Å². The summed E-state index contributed by atoms with van der Waals surface area (Å²) in [5, 5.41) is 0.320. The number of imidazole rings is 1. The lowest BCUT2D eigenvalue weighted by atomic mass is 10.2. The summed E-state index contributed by atoms with van der Waals surface area (Å²) >= 11 is 6.13. The van der Waals surface area contributed by atoms with Crippen molar-refractivity contribution in [2.24, 2.45) is 0 Å². The first-order valence-corrected chi connectivity index (χ1v) is 6.99. The maximum atomic E-state index is 12.0. The Hall–Kier alpha value is -1.82. The third kappa shape index (κ3) is 3.10. The highest BCUT2D eigenvalue weighted by Crippen LogP contribution is 2.26. The van der Waals surface area contributed by atoms with E-state index in [-0.39, 0.29) is 0 Å². The molecule has 114 valence electrons. The van der Waals surface area contributed by atoms with Gasteiger partial charge >= 0.3 is 6.09 Å². The van der Waals surface area contributed by atoms with E-state index >= 15 is 0 Å². The lowest BCUT2D eigenvalue weighted by Crippen LogP contribution is -2.32. The summed E-state index contributed by atoms with van der Waals surface area (Å²) in [4.78, 5) is 20.6. The monoisotopic (exact) mass is 310 g/mol. The number of rotatable bonds is 1. The number of hydrogen-bond donors (Lipinski definition) is 1. The van der Waals surface area contributed by atoms with E-state index in [4.69, 9.17) is 16.3 Å². The summed E-state index contributed by atoms with van der Waals surface area (Å²) < 4.78 is 6.85. The average Bonchev–Trinajstić information content (AvgIpc) is 2.62. The van der Waals surface area contributed by atoms with Gasteiger partial charge in [-0.15, -0.1) is 0 Å². The molecule has 2 aromatic rings. The minimum absolute atomic E-state index is 0.320. The first-order chi connectivity index (χ1) is 9.60. The summed E-state index contributed by atoms with van der Waals surface area (Å²) in [6, 6.07) is 0. The number of carbonyl (C=O) groups is 1. The predicted molar refractivity (Wildman–Crippen MR) is 82.3 cm³/mol. The summed E-state index contributed by atoms with van der Waals surface area (Å²) in [7, 11) is 0. The minimum Gasteiger partial charge on any atom is -0.443 e. The van der Waals surface area contributed by atoms with Crippen molar-refractivity contribution in [1.82, 2.24) is 14.6 Å². The second kappa shape index (κ2) is 5.18.